The normalized spacial score (nSPS) is 28.2. The van der Waals surface area contributed by atoms with Gasteiger partial charge in [0, 0.05) is 25.2 Å². The topological polar surface area (TPSA) is 49.4 Å². The molecule has 1 atom stereocenters. The van der Waals surface area contributed by atoms with Crippen molar-refractivity contribution < 1.29 is 9.59 Å². The second-order valence-electron chi connectivity index (χ2n) is 7.60. The van der Waals surface area contributed by atoms with E-state index in [9.17, 15) is 9.59 Å². The monoisotopic (exact) mass is 302 g/mol. The molecule has 22 heavy (non-hydrogen) atoms. The Morgan fingerprint density at radius 2 is 1.59 bits per heavy atom. The van der Waals surface area contributed by atoms with Gasteiger partial charge in [0.2, 0.25) is 11.8 Å². The van der Waals surface area contributed by atoms with E-state index >= 15 is 0 Å². The van der Waals surface area contributed by atoms with Gasteiger partial charge < -0.3 is 10.2 Å². The van der Waals surface area contributed by atoms with Crippen LogP contribution in [0.3, 0.4) is 0 Å². The maximum Gasteiger partial charge on any atom is 0.246 e. The van der Waals surface area contributed by atoms with Gasteiger partial charge in [-0.3, -0.25) is 9.59 Å². The lowest BCUT2D eigenvalue weighted by molar-refractivity contribution is -0.132. The SMILES string of the molecule is O=C(NC1CC1)C1CCCN(C(=O)C=C(C2CC2)C2CC2)C1. The number of nitrogens with zero attached hydrogens (tertiary/aromatic N) is 1. The summed E-state index contributed by atoms with van der Waals surface area (Å²) in [6.07, 6.45) is 11.1. The van der Waals surface area contributed by atoms with Crippen LogP contribution >= 0.6 is 0 Å². The predicted molar refractivity (Wildman–Crippen MR) is 84.0 cm³/mol. The van der Waals surface area contributed by atoms with Crippen molar-refractivity contribution in [3.63, 3.8) is 0 Å². The Labute approximate surface area is 132 Å². The van der Waals surface area contributed by atoms with Crippen molar-refractivity contribution in [3.8, 4) is 0 Å². The molecule has 0 radical (unpaired) electrons. The summed E-state index contributed by atoms with van der Waals surface area (Å²) >= 11 is 0. The fourth-order valence-corrected chi connectivity index (χ4v) is 3.57. The first-order chi connectivity index (χ1) is 10.7. The molecule has 2 amide bonds. The molecule has 0 aromatic carbocycles. The lowest BCUT2D eigenvalue weighted by atomic mass is 9.96. The van der Waals surface area contributed by atoms with Crippen LogP contribution in [0, 0.1) is 17.8 Å². The van der Waals surface area contributed by atoms with E-state index in [0.29, 0.717) is 24.4 Å². The van der Waals surface area contributed by atoms with Gasteiger partial charge in [0.15, 0.2) is 0 Å². The highest BCUT2D eigenvalue weighted by molar-refractivity contribution is 5.89. The van der Waals surface area contributed by atoms with Gasteiger partial charge in [0.25, 0.3) is 0 Å². The van der Waals surface area contributed by atoms with Crippen LogP contribution in [0.15, 0.2) is 11.6 Å². The lowest BCUT2D eigenvalue weighted by Gasteiger charge is -2.31. The summed E-state index contributed by atoms with van der Waals surface area (Å²) in [5.74, 6) is 1.69. The minimum atomic E-state index is -0.00278. The molecular formula is C18H26N2O2. The van der Waals surface area contributed by atoms with Crippen LogP contribution in [-0.4, -0.2) is 35.8 Å². The Balaban J connectivity index is 1.37. The summed E-state index contributed by atoms with van der Waals surface area (Å²) in [6, 6.07) is 0.412. The van der Waals surface area contributed by atoms with E-state index in [-0.39, 0.29) is 17.7 Å². The van der Waals surface area contributed by atoms with Crippen LogP contribution in [0.4, 0.5) is 0 Å². The highest BCUT2D eigenvalue weighted by atomic mass is 16.2. The first kappa shape index (κ1) is 14.3. The lowest BCUT2D eigenvalue weighted by Crippen LogP contribution is -2.45. The average Bonchev–Trinajstić information content (AvgIpc) is 3.39. The van der Waals surface area contributed by atoms with Gasteiger partial charge in [-0.15, -0.1) is 0 Å². The zero-order valence-corrected chi connectivity index (χ0v) is 13.2. The van der Waals surface area contributed by atoms with Gasteiger partial charge in [-0.1, -0.05) is 5.57 Å². The second-order valence-corrected chi connectivity index (χ2v) is 7.60. The van der Waals surface area contributed by atoms with Crippen molar-refractivity contribution >= 4 is 11.8 Å². The molecule has 3 aliphatic carbocycles. The van der Waals surface area contributed by atoms with Gasteiger partial charge in [0.1, 0.15) is 0 Å². The Kier molecular flexibility index (Phi) is 3.71. The maximum absolute atomic E-state index is 12.6. The van der Waals surface area contributed by atoms with E-state index in [1.54, 1.807) is 0 Å². The maximum atomic E-state index is 12.6. The molecule has 3 saturated carbocycles. The Hall–Kier alpha value is -1.32. The number of hydrogen-bond acceptors (Lipinski definition) is 2. The third-order valence-corrected chi connectivity index (χ3v) is 5.42. The van der Waals surface area contributed by atoms with E-state index in [2.05, 4.69) is 5.32 Å². The van der Waals surface area contributed by atoms with Crippen LogP contribution in [0.2, 0.25) is 0 Å². The summed E-state index contributed by atoms with van der Waals surface area (Å²) in [5, 5.41) is 3.09. The first-order valence-electron chi connectivity index (χ1n) is 9.01. The highest BCUT2D eigenvalue weighted by Crippen LogP contribution is 2.48. The van der Waals surface area contributed by atoms with Crippen LogP contribution in [-0.2, 0) is 9.59 Å². The van der Waals surface area contributed by atoms with Crippen molar-refractivity contribution in [2.45, 2.75) is 57.4 Å². The number of nitrogens with one attached hydrogen (secondary N) is 1. The molecule has 1 aliphatic heterocycles. The van der Waals surface area contributed by atoms with Crippen LogP contribution in [0.25, 0.3) is 0 Å². The van der Waals surface area contributed by atoms with E-state index in [1.807, 2.05) is 11.0 Å². The van der Waals surface area contributed by atoms with Crippen LogP contribution in [0.1, 0.15) is 51.4 Å². The smallest absolute Gasteiger partial charge is 0.246 e. The molecule has 4 rings (SSSR count). The summed E-state index contributed by atoms with van der Waals surface area (Å²) in [7, 11) is 0. The molecule has 0 aromatic rings. The molecule has 120 valence electrons. The summed E-state index contributed by atoms with van der Waals surface area (Å²) in [6.45, 7) is 1.42. The number of amides is 2. The molecule has 0 aromatic heterocycles. The van der Waals surface area contributed by atoms with Crippen molar-refractivity contribution in [2.75, 3.05) is 13.1 Å². The number of rotatable bonds is 5. The summed E-state index contributed by atoms with van der Waals surface area (Å²) in [4.78, 5) is 26.7. The third kappa shape index (κ3) is 3.36. The predicted octanol–water partition coefficient (Wildman–Crippen LogP) is 2.25. The molecule has 0 bridgehead atoms. The molecule has 4 aliphatic rings. The molecule has 1 heterocycles. The highest BCUT2D eigenvalue weighted by Gasteiger charge is 2.37. The van der Waals surface area contributed by atoms with E-state index < -0.39 is 0 Å². The fraction of sp³-hybridized carbons (Fsp3) is 0.778. The minimum absolute atomic E-state index is 0.00278. The minimum Gasteiger partial charge on any atom is -0.353 e. The number of piperidine rings is 1. The third-order valence-electron chi connectivity index (χ3n) is 5.42. The number of likely N-dealkylation sites (tertiary alicyclic amines) is 1. The summed E-state index contributed by atoms with van der Waals surface area (Å²) < 4.78 is 0. The number of carbonyl (C=O) groups is 2. The molecule has 0 spiro atoms. The van der Waals surface area contributed by atoms with Crippen LogP contribution < -0.4 is 5.32 Å². The molecule has 4 heteroatoms. The second kappa shape index (κ2) is 5.71. The van der Waals surface area contributed by atoms with Crippen LogP contribution in [0.5, 0.6) is 0 Å². The Bertz CT molecular complexity index is 487. The number of hydrogen-bond donors (Lipinski definition) is 1. The molecule has 4 nitrogen and oxygen atoms in total. The van der Waals surface area contributed by atoms with Crippen molar-refractivity contribution in [1.29, 1.82) is 0 Å². The first-order valence-corrected chi connectivity index (χ1v) is 9.01. The van der Waals surface area contributed by atoms with Crippen molar-refractivity contribution in [3.05, 3.63) is 11.6 Å². The van der Waals surface area contributed by atoms with Gasteiger partial charge in [-0.2, -0.15) is 0 Å². The van der Waals surface area contributed by atoms with E-state index in [0.717, 1.165) is 32.2 Å². The Morgan fingerprint density at radius 1 is 0.909 bits per heavy atom. The molecule has 1 N–H and O–H groups in total. The number of allylic oxidation sites excluding steroid dienone is 1. The number of carbonyl (C=O) groups excluding carboxylic acids is 2. The molecule has 1 saturated heterocycles. The van der Waals surface area contributed by atoms with Crippen molar-refractivity contribution in [2.24, 2.45) is 17.8 Å². The summed E-state index contributed by atoms with van der Waals surface area (Å²) in [5.41, 5.74) is 1.41. The van der Waals surface area contributed by atoms with E-state index in [1.165, 1.54) is 31.3 Å². The molecule has 4 fully saturated rings. The standard InChI is InChI=1S/C18H26N2O2/c21-17(10-16(12-3-4-12)13-5-6-13)20-9-1-2-14(11-20)18(22)19-15-7-8-15/h10,12-15H,1-9,11H2,(H,19,22). The van der Waals surface area contributed by atoms with Gasteiger partial charge in [-0.25, -0.2) is 0 Å². The average molecular weight is 302 g/mol. The quantitative estimate of drug-likeness (QED) is 0.792. The van der Waals surface area contributed by atoms with Gasteiger partial charge >= 0.3 is 0 Å². The zero-order chi connectivity index (χ0) is 15.1. The molecule has 1 unspecified atom stereocenters. The van der Waals surface area contributed by atoms with E-state index in [4.69, 9.17) is 0 Å². The van der Waals surface area contributed by atoms with Gasteiger partial charge in [0.05, 0.1) is 5.92 Å². The van der Waals surface area contributed by atoms with Gasteiger partial charge in [-0.05, 0) is 63.2 Å². The van der Waals surface area contributed by atoms with Crippen molar-refractivity contribution in [1.82, 2.24) is 10.2 Å². The molecular weight excluding hydrogens is 276 g/mol. The zero-order valence-electron chi connectivity index (χ0n) is 13.2. The largest absolute Gasteiger partial charge is 0.353 e. The Morgan fingerprint density at radius 3 is 2.18 bits per heavy atom. The fourth-order valence-electron chi connectivity index (χ4n) is 3.57.